The first kappa shape index (κ1) is 26.0. The van der Waals surface area contributed by atoms with Gasteiger partial charge in [-0.2, -0.15) is 24.0 Å². The minimum atomic E-state index is -4.55. The second-order valence-corrected chi connectivity index (χ2v) is 10.1. The van der Waals surface area contributed by atoms with Crippen LogP contribution in [0, 0.1) is 5.92 Å². The average molecular weight is 552 g/mol. The number of alkyl halides is 3. The standard InChI is InChI=1S/C27H25F3N8O2/c28-27(29,30)19-7-8-34-22(11-19)35-26(40)17-3-1-16(2-4-17)25-36-24(21-13-32-9-10-38(21,25)31)18-5-6-20-12-33-14-23(39)37(20)15-18/h1-4,7-11,13,18,20,33H,5-6,12,14-15,31H2/p+1/t18-,20+,38?/m0/s1. The molecule has 3 atom stereocenters. The van der Waals surface area contributed by atoms with Crippen LogP contribution in [0.2, 0.25) is 0 Å². The quantitative estimate of drug-likeness (QED) is 0.398. The van der Waals surface area contributed by atoms with E-state index in [2.05, 4.69) is 20.6 Å². The number of piperazine rings is 1. The Morgan fingerprint density at radius 2 is 1.98 bits per heavy atom. The number of amides is 2. The fourth-order valence-electron chi connectivity index (χ4n) is 5.56. The van der Waals surface area contributed by atoms with Crippen molar-refractivity contribution in [3.63, 3.8) is 0 Å². The van der Waals surface area contributed by atoms with Crippen molar-refractivity contribution in [2.24, 2.45) is 21.7 Å². The molecule has 4 N–H and O–H groups in total. The molecule has 6 rings (SSSR count). The highest BCUT2D eigenvalue weighted by Crippen LogP contribution is 2.38. The van der Waals surface area contributed by atoms with Gasteiger partial charge in [-0.15, -0.1) is 4.59 Å². The van der Waals surface area contributed by atoms with Crippen LogP contribution in [0.5, 0.6) is 0 Å². The summed E-state index contributed by atoms with van der Waals surface area (Å²) in [6.45, 7) is 1.67. The highest BCUT2D eigenvalue weighted by atomic mass is 19.4. The fourth-order valence-corrected chi connectivity index (χ4v) is 5.56. The van der Waals surface area contributed by atoms with Crippen LogP contribution >= 0.6 is 0 Å². The number of aliphatic imine (C=N–C) groups is 2. The molecule has 2 amide bonds. The van der Waals surface area contributed by atoms with Crippen LogP contribution in [0.15, 0.2) is 76.4 Å². The molecule has 1 aromatic heterocycles. The molecule has 0 saturated carbocycles. The summed E-state index contributed by atoms with van der Waals surface area (Å²) in [6, 6.07) is 8.28. The van der Waals surface area contributed by atoms with Crippen LogP contribution in [-0.4, -0.2) is 64.0 Å². The Balaban J connectivity index is 1.24. The molecule has 10 nitrogen and oxygen atoms in total. The number of rotatable bonds is 4. The maximum absolute atomic E-state index is 13.0. The number of amidine groups is 1. The molecular weight excluding hydrogens is 525 g/mol. The number of piperidine rings is 1. The molecule has 4 aliphatic rings. The van der Waals surface area contributed by atoms with E-state index in [1.54, 1.807) is 42.9 Å². The number of carbonyl (C=O) groups excluding carboxylic acids is 2. The second kappa shape index (κ2) is 9.77. The van der Waals surface area contributed by atoms with Crippen molar-refractivity contribution in [3.8, 4) is 0 Å². The van der Waals surface area contributed by atoms with Crippen molar-refractivity contribution in [2.45, 2.75) is 25.1 Å². The second-order valence-electron chi connectivity index (χ2n) is 10.1. The number of fused-ring (bicyclic) bond motifs is 2. The largest absolute Gasteiger partial charge is 0.416 e. The molecule has 1 unspecified atom stereocenters. The van der Waals surface area contributed by atoms with E-state index in [1.807, 2.05) is 4.90 Å². The van der Waals surface area contributed by atoms with Crippen molar-refractivity contribution in [1.82, 2.24) is 15.2 Å². The molecule has 0 spiro atoms. The van der Waals surface area contributed by atoms with Crippen LogP contribution in [0.4, 0.5) is 19.0 Å². The number of hydrogen-bond acceptors (Lipinski definition) is 7. The first-order valence-electron chi connectivity index (χ1n) is 12.8. The molecule has 2 fully saturated rings. The van der Waals surface area contributed by atoms with Gasteiger partial charge >= 0.3 is 6.18 Å². The fraction of sp³-hybridized carbons (Fsp3) is 0.296. The first-order chi connectivity index (χ1) is 19.1. The van der Waals surface area contributed by atoms with E-state index in [0.717, 1.165) is 49.1 Å². The summed E-state index contributed by atoms with van der Waals surface area (Å²) >= 11 is 0. The number of hydrogen-bond donors (Lipinski definition) is 3. The average Bonchev–Trinajstić information content (AvgIpc) is 3.26. The van der Waals surface area contributed by atoms with Gasteiger partial charge in [-0.05, 0) is 49.2 Å². The number of allylic oxidation sites excluding steroid dienone is 1. The van der Waals surface area contributed by atoms with Gasteiger partial charge in [0.1, 0.15) is 17.7 Å². The number of benzene rings is 1. The minimum Gasteiger partial charge on any atom is -0.337 e. The van der Waals surface area contributed by atoms with Crippen molar-refractivity contribution in [3.05, 3.63) is 83.1 Å². The number of pyridine rings is 1. The summed E-state index contributed by atoms with van der Waals surface area (Å²) in [6.07, 6.45) is 3.17. The molecule has 13 heteroatoms. The maximum atomic E-state index is 13.0. The summed E-state index contributed by atoms with van der Waals surface area (Å²) < 4.78 is 38.8. The van der Waals surface area contributed by atoms with Gasteiger partial charge in [0, 0.05) is 36.8 Å². The Bertz CT molecular complexity index is 1500. The van der Waals surface area contributed by atoms with E-state index in [1.165, 1.54) is 0 Å². The molecule has 4 aliphatic heterocycles. The lowest BCUT2D eigenvalue weighted by Gasteiger charge is -2.42. The van der Waals surface area contributed by atoms with Crippen LogP contribution in [0.3, 0.4) is 0 Å². The van der Waals surface area contributed by atoms with E-state index in [-0.39, 0.29) is 33.8 Å². The molecule has 1 aromatic carbocycles. The molecule has 206 valence electrons. The van der Waals surface area contributed by atoms with Crippen molar-refractivity contribution in [1.29, 1.82) is 0 Å². The molecular formula is C27H26F3N8O2+. The summed E-state index contributed by atoms with van der Waals surface area (Å²) in [5, 5.41) is 5.58. The van der Waals surface area contributed by atoms with Gasteiger partial charge in [-0.25, -0.2) is 4.98 Å². The number of quaternary nitrogens is 1. The first-order valence-corrected chi connectivity index (χ1v) is 12.8. The van der Waals surface area contributed by atoms with Gasteiger partial charge in [-0.1, -0.05) is 0 Å². The smallest absolute Gasteiger partial charge is 0.337 e. The number of aromatic nitrogens is 1. The summed E-state index contributed by atoms with van der Waals surface area (Å²) in [7, 11) is 0. The normalized spacial score (nSPS) is 25.9. The third-order valence-electron chi connectivity index (χ3n) is 7.63. The van der Waals surface area contributed by atoms with E-state index in [4.69, 9.17) is 10.8 Å². The summed E-state index contributed by atoms with van der Waals surface area (Å²) in [5.74, 6) is 6.64. The summed E-state index contributed by atoms with van der Waals surface area (Å²) in [4.78, 5) is 40.3. The van der Waals surface area contributed by atoms with E-state index in [9.17, 15) is 22.8 Å². The SMILES string of the molecule is N[N+]12C=CN=CC1=C([C@H]1CC[C@@H]3CNCC(=O)N3C1)N=C2c1ccc(C(=O)Nc2cc(C(F)(F)F)ccn2)cc1. The van der Waals surface area contributed by atoms with E-state index in [0.29, 0.717) is 24.5 Å². The van der Waals surface area contributed by atoms with Gasteiger partial charge in [-0.3, -0.25) is 14.6 Å². The van der Waals surface area contributed by atoms with Crippen LogP contribution in [-0.2, 0) is 11.0 Å². The van der Waals surface area contributed by atoms with Crippen molar-refractivity contribution >= 4 is 29.7 Å². The Hall–Kier alpha value is -4.20. The van der Waals surface area contributed by atoms with Crippen molar-refractivity contribution in [2.75, 3.05) is 25.0 Å². The van der Waals surface area contributed by atoms with Gasteiger partial charge in [0.25, 0.3) is 11.7 Å². The lowest BCUT2D eigenvalue weighted by molar-refractivity contribution is -0.750. The van der Waals surface area contributed by atoms with Crippen LogP contribution < -0.4 is 16.5 Å². The zero-order valence-corrected chi connectivity index (χ0v) is 21.2. The Morgan fingerprint density at radius 3 is 2.75 bits per heavy atom. The Kier molecular flexibility index (Phi) is 6.36. The molecule has 0 radical (unpaired) electrons. The van der Waals surface area contributed by atoms with Crippen LogP contribution in [0.25, 0.3) is 0 Å². The third-order valence-corrected chi connectivity index (χ3v) is 7.63. The number of carbonyl (C=O) groups is 2. The van der Waals surface area contributed by atoms with Crippen molar-refractivity contribution < 1.29 is 27.4 Å². The highest BCUT2D eigenvalue weighted by molar-refractivity contribution is 6.05. The Labute approximate surface area is 227 Å². The monoisotopic (exact) mass is 551 g/mol. The predicted molar refractivity (Wildman–Crippen MR) is 140 cm³/mol. The van der Waals surface area contributed by atoms with Gasteiger partial charge < -0.3 is 15.5 Å². The topological polar surface area (TPSA) is 125 Å². The lowest BCUT2D eigenvalue weighted by Crippen LogP contribution is -2.58. The number of nitrogens with one attached hydrogen (secondary N) is 2. The molecule has 0 aliphatic carbocycles. The molecule has 2 aromatic rings. The summed E-state index contributed by atoms with van der Waals surface area (Å²) in [5.41, 5.74) is 1.49. The number of anilines is 1. The predicted octanol–water partition coefficient (Wildman–Crippen LogP) is 2.78. The molecule has 2 saturated heterocycles. The lowest BCUT2D eigenvalue weighted by atomic mass is 9.88. The van der Waals surface area contributed by atoms with Gasteiger partial charge in [0.2, 0.25) is 11.6 Å². The van der Waals surface area contributed by atoms with E-state index >= 15 is 0 Å². The van der Waals surface area contributed by atoms with Gasteiger partial charge in [0.05, 0.1) is 30.1 Å². The zero-order chi connectivity index (χ0) is 28.1. The molecule has 0 bridgehead atoms. The minimum absolute atomic E-state index is 0.00480. The van der Waals surface area contributed by atoms with E-state index < -0.39 is 17.6 Å². The molecule has 5 heterocycles. The number of nitrogens with zero attached hydrogens (tertiary/aromatic N) is 5. The number of nitrogens with two attached hydrogens (primary N) is 1. The zero-order valence-electron chi connectivity index (χ0n) is 21.2. The van der Waals surface area contributed by atoms with Crippen LogP contribution in [0.1, 0.15) is 34.3 Å². The van der Waals surface area contributed by atoms with Gasteiger partial charge in [0.15, 0.2) is 0 Å². The highest BCUT2D eigenvalue weighted by Gasteiger charge is 2.47. The maximum Gasteiger partial charge on any atom is 0.416 e. The molecule has 40 heavy (non-hydrogen) atoms. The third kappa shape index (κ3) is 4.61. The number of halogens is 3. The Morgan fingerprint density at radius 1 is 1.18 bits per heavy atom.